The summed E-state index contributed by atoms with van der Waals surface area (Å²) in [7, 11) is 0. The Morgan fingerprint density at radius 3 is 2.76 bits per heavy atom. The summed E-state index contributed by atoms with van der Waals surface area (Å²) in [6.45, 7) is 2.69. The van der Waals surface area contributed by atoms with Gasteiger partial charge in [-0.25, -0.2) is 4.39 Å². The smallest absolute Gasteiger partial charge is 0.309 e. The van der Waals surface area contributed by atoms with Crippen molar-refractivity contribution in [1.82, 2.24) is 0 Å². The van der Waals surface area contributed by atoms with Crippen molar-refractivity contribution in [2.75, 3.05) is 13.2 Å². The lowest BCUT2D eigenvalue weighted by atomic mass is 10.3. The van der Waals surface area contributed by atoms with E-state index in [1.54, 1.807) is 19.1 Å². The molecule has 4 heteroatoms. The molecule has 2 unspecified atom stereocenters. The first kappa shape index (κ1) is 11.9. The third-order valence-electron chi connectivity index (χ3n) is 2.79. The molecule has 1 aliphatic carbocycles. The molecule has 0 amide bonds. The molecule has 0 saturated heterocycles. The summed E-state index contributed by atoms with van der Waals surface area (Å²) in [6, 6.07) is 5.87. The number of rotatable bonds is 5. The molecule has 0 aliphatic heterocycles. The number of halogens is 1. The highest BCUT2D eigenvalue weighted by molar-refractivity contribution is 5.75. The predicted molar refractivity (Wildman–Crippen MR) is 60.1 cm³/mol. The van der Waals surface area contributed by atoms with Crippen LogP contribution in [0.3, 0.4) is 0 Å². The minimum atomic E-state index is -0.284. The maximum Gasteiger partial charge on any atom is 0.309 e. The third kappa shape index (κ3) is 3.19. The zero-order valence-electron chi connectivity index (χ0n) is 9.69. The number of ether oxygens (including phenoxy) is 2. The number of carbonyl (C=O) groups excluding carboxylic acids is 1. The van der Waals surface area contributed by atoms with Gasteiger partial charge < -0.3 is 9.47 Å². The van der Waals surface area contributed by atoms with E-state index in [0.717, 1.165) is 6.42 Å². The second kappa shape index (κ2) is 5.17. The van der Waals surface area contributed by atoms with E-state index in [4.69, 9.17) is 9.47 Å². The van der Waals surface area contributed by atoms with Crippen molar-refractivity contribution in [1.29, 1.82) is 0 Å². The van der Waals surface area contributed by atoms with Crippen molar-refractivity contribution in [3.63, 3.8) is 0 Å². The van der Waals surface area contributed by atoms with Gasteiger partial charge in [0.25, 0.3) is 0 Å². The molecule has 0 heterocycles. The van der Waals surface area contributed by atoms with Crippen LogP contribution in [-0.2, 0) is 9.53 Å². The summed E-state index contributed by atoms with van der Waals surface area (Å²) in [6.07, 6.45) is 0.819. The molecule has 1 fully saturated rings. The minimum absolute atomic E-state index is 0.0181. The Bertz CT molecular complexity index is 388. The SMILES string of the molecule is CCOC(=O)C1CC1COc1ccc(F)cc1. The van der Waals surface area contributed by atoms with Crippen molar-refractivity contribution >= 4 is 5.97 Å². The summed E-state index contributed by atoms with van der Waals surface area (Å²) < 4.78 is 23.0. The normalized spacial score (nSPS) is 22.0. The minimum Gasteiger partial charge on any atom is -0.493 e. The molecule has 92 valence electrons. The second-order valence-corrected chi connectivity index (χ2v) is 4.12. The van der Waals surface area contributed by atoms with Gasteiger partial charge in [-0.1, -0.05) is 0 Å². The van der Waals surface area contributed by atoms with Gasteiger partial charge in [0.05, 0.1) is 19.1 Å². The molecule has 0 radical (unpaired) electrons. The summed E-state index contributed by atoms with van der Waals surface area (Å²) >= 11 is 0. The molecule has 2 rings (SSSR count). The van der Waals surface area contributed by atoms with Gasteiger partial charge in [-0.15, -0.1) is 0 Å². The average Bonchev–Trinajstić information content (AvgIpc) is 3.08. The van der Waals surface area contributed by atoms with Crippen LogP contribution in [0.5, 0.6) is 5.75 Å². The van der Waals surface area contributed by atoms with E-state index < -0.39 is 0 Å². The van der Waals surface area contributed by atoms with Crippen molar-refractivity contribution in [2.24, 2.45) is 11.8 Å². The topological polar surface area (TPSA) is 35.5 Å². The summed E-state index contributed by atoms with van der Waals surface area (Å²) in [5.41, 5.74) is 0. The van der Waals surface area contributed by atoms with Gasteiger partial charge in [-0.05, 0) is 37.6 Å². The first-order valence-corrected chi connectivity index (χ1v) is 5.75. The van der Waals surface area contributed by atoms with Gasteiger partial charge in [0, 0.05) is 5.92 Å². The van der Waals surface area contributed by atoms with Crippen LogP contribution in [0.25, 0.3) is 0 Å². The van der Waals surface area contributed by atoms with Gasteiger partial charge in [0.2, 0.25) is 0 Å². The van der Waals surface area contributed by atoms with Crippen molar-refractivity contribution in [3.8, 4) is 5.75 Å². The zero-order chi connectivity index (χ0) is 12.3. The lowest BCUT2D eigenvalue weighted by molar-refractivity contribution is -0.145. The Labute approximate surface area is 99.5 Å². The lowest BCUT2D eigenvalue weighted by Gasteiger charge is -2.05. The van der Waals surface area contributed by atoms with Gasteiger partial charge in [-0.2, -0.15) is 0 Å². The fourth-order valence-corrected chi connectivity index (χ4v) is 1.70. The number of esters is 1. The number of benzene rings is 1. The molecule has 1 aromatic rings. The Kier molecular flexibility index (Phi) is 3.61. The average molecular weight is 238 g/mol. The van der Waals surface area contributed by atoms with Crippen LogP contribution >= 0.6 is 0 Å². The lowest BCUT2D eigenvalue weighted by Crippen LogP contribution is -2.10. The van der Waals surface area contributed by atoms with Crippen LogP contribution in [-0.4, -0.2) is 19.2 Å². The van der Waals surface area contributed by atoms with Crippen LogP contribution in [0.4, 0.5) is 4.39 Å². The zero-order valence-corrected chi connectivity index (χ0v) is 9.69. The van der Waals surface area contributed by atoms with Crippen LogP contribution in [0, 0.1) is 17.7 Å². The summed E-state index contributed by atoms with van der Waals surface area (Å²) in [5.74, 6) is 0.420. The Balaban J connectivity index is 1.74. The molecular formula is C13H15FO3. The number of hydrogen-bond acceptors (Lipinski definition) is 3. The molecule has 0 spiro atoms. The Morgan fingerprint density at radius 2 is 2.12 bits per heavy atom. The maximum atomic E-state index is 12.6. The quantitative estimate of drug-likeness (QED) is 0.739. The van der Waals surface area contributed by atoms with E-state index in [1.807, 2.05) is 0 Å². The standard InChI is InChI=1S/C13H15FO3/c1-2-16-13(15)12-7-9(12)8-17-11-5-3-10(14)4-6-11/h3-6,9,12H,2,7-8H2,1H3. The molecule has 17 heavy (non-hydrogen) atoms. The monoisotopic (exact) mass is 238 g/mol. The highest BCUT2D eigenvalue weighted by Gasteiger charge is 2.44. The van der Waals surface area contributed by atoms with Gasteiger partial charge in [0.1, 0.15) is 11.6 Å². The fraction of sp³-hybridized carbons (Fsp3) is 0.462. The van der Waals surface area contributed by atoms with Crippen LogP contribution in [0.2, 0.25) is 0 Å². The van der Waals surface area contributed by atoms with Crippen molar-refractivity contribution < 1.29 is 18.7 Å². The molecule has 0 bridgehead atoms. The van der Waals surface area contributed by atoms with E-state index in [0.29, 0.717) is 19.0 Å². The van der Waals surface area contributed by atoms with E-state index in [9.17, 15) is 9.18 Å². The van der Waals surface area contributed by atoms with Crippen LogP contribution in [0.1, 0.15) is 13.3 Å². The first-order valence-electron chi connectivity index (χ1n) is 5.75. The Hall–Kier alpha value is -1.58. The molecule has 0 N–H and O–H groups in total. The molecule has 2 atom stereocenters. The van der Waals surface area contributed by atoms with E-state index in [1.165, 1.54) is 12.1 Å². The molecule has 3 nitrogen and oxygen atoms in total. The van der Waals surface area contributed by atoms with E-state index in [2.05, 4.69) is 0 Å². The number of carbonyl (C=O) groups is 1. The van der Waals surface area contributed by atoms with Crippen molar-refractivity contribution in [3.05, 3.63) is 30.1 Å². The van der Waals surface area contributed by atoms with Crippen LogP contribution < -0.4 is 4.74 Å². The van der Waals surface area contributed by atoms with Crippen molar-refractivity contribution in [2.45, 2.75) is 13.3 Å². The summed E-state index contributed by atoms with van der Waals surface area (Å²) in [5, 5.41) is 0. The largest absolute Gasteiger partial charge is 0.493 e. The van der Waals surface area contributed by atoms with E-state index in [-0.39, 0.29) is 23.6 Å². The summed E-state index contributed by atoms with van der Waals surface area (Å²) in [4.78, 5) is 11.3. The van der Waals surface area contributed by atoms with E-state index >= 15 is 0 Å². The third-order valence-corrected chi connectivity index (χ3v) is 2.79. The Morgan fingerprint density at radius 1 is 1.41 bits per heavy atom. The van der Waals surface area contributed by atoms with Gasteiger partial charge in [-0.3, -0.25) is 4.79 Å². The maximum absolute atomic E-state index is 12.6. The van der Waals surface area contributed by atoms with Crippen LogP contribution in [0.15, 0.2) is 24.3 Å². The second-order valence-electron chi connectivity index (χ2n) is 4.12. The highest BCUT2D eigenvalue weighted by Crippen LogP contribution is 2.39. The van der Waals surface area contributed by atoms with Gasteiger partial charge in [0.15, 0.2) is 0 Å². The molecular weight excluding hydrogens is 223 g/mol. The molecule has 1 aliphatic rings. The fourth-order valence-electron chi connectivity index (χ4n) is 1.70. The first-order chi connectivity index (χ1) is 8.20. The predicted octanol–water partition coefficient (Wildman–Crippen LogP) is 2.40. The number of hydrogen-bond donors (Lipinski definition) is 0. The molecule has 1 aromatic carbocycles. The van der Waals surface area contributed by atoms with Gasteiger partial charge >= 0.3 is 5.97 Å². The molecule has 0 aromatic heterocycles. The highest BCUT2D eigenvalue weighted by atomic mass is 19.1. The molecule has 1 saturated carbocycles.